The average Bonchev–Trinajstić information content (AvgIpc) is 3.00. The maximum absolute atomic E-state index is 11.7. The number of aromatic nitrogens is 2. The first-order valence-electron chi connectivity index (χ1n) is 8.14. The van der Waals surface area contributed by atoms with Gasteiger partial charge >= 0.3 is 5.97 Å². The summed E-state index contributed by atoms with van der Waals surface area (Å²) in [7, 11) is 2.00. The van der Waals surface area contributed by atoms with Gasteiger partial charge in [0.15, 0.2) is 0 Å². The molecule has 7 heteroatoms. The summed E-state index contributed by atoms with van der Waals surface area (Å²) in [5, 5.41) is 7.80. The van der Waals surface area contributed by atoms with E-state index in [0.29, 0.717) is 12.6 Å². The minimum absolute atomic E-state index is 0. The number of hydrogen-bond donors (Lipinski definition) is 1. The van der Waals surface area contributed by atoms with Crippen molar-refractivity contribution in [2.24, 2.45) is 0 Å². The van der Waals surface area contributed by atoms with Gasteiger partial charge in [-0.25, -0.2) is 0 Å². The van der Waals surface area contributed by atoms with Crippen LogP contribution in [0.2, 0.25) is 0 Å². The van der Waals surface area contributed by atoms with E-state index >= 15 is 0 Å². The van der Waals surface area contributed by atoms with E-state index in [4.69, 9.17) is 4.74 Å². The highest BCUT2D eigenvalue weighted by atomic mass is 35.5. The molecule has 1 aliphatic rings. The molecule has 1 N–H and O–H groups in total. The molecule has 132 valence electrons. The van der Waals surface area contributed by atoms with Gasteiger partial charge in [0.05, 0.1) is 12.3 Å². The summed E-state index contributed by atoms with van der Waals surface area (Å²) < 4.78 is 6.78. The molecular weight excluding hydrogens is 316 g/mol. The highest BCUT2D eigenvalue weighted by Gasteiger charge is 2.26. The van der Waals surface area contributed by atoms with E-state index in [1.54, 1.807) is 4.68 Å². The number of likely N-dealkylation sites (N-methyl/N-ethyl adjacent to an activating group) is 1. The van der Waals surface area contributed by atoms with Crippen LogP contribution in [0.25, 0.3) is 0 Å². The second-order valence-electron chi connectivity index (χ2n) is 5.94. The Bertz CT molecular complexity index is 518. The number of carbonyl (C=O) groups excluding carboxylic acids is 1. The lowest BCUT2D eigenvalue weighted by atomic mass is 10.1. The number of aryl methyl sites for hydroxylation is 1. The molecule has 0 spiro atoms. The van der Waals surface area contributed by atoms with Crippen molar-refractivity contribution >= 4 is 18.4 Å². The number of nitrogens with zero attached hydrogens (tertiary/aromatic N) is 3. The first-order chi connectivity index (χ1) is 10.6. The Hall–Kier alpha value is -1.11. The zero-order valence-electron chi connectivity index (χ0n) is 14.6. The van der Waals surface area contributed by atoms with Crippen molar-refractivity contribution in [2.45, 2.75) is 52.7 Å². The molecule has 0 saturated carbocycles. The summed E-state index contributed by atoms with van der Waals surface area (Å²) in [5.74, 6) is -0.228. The van der Waals surface area contributed by atoms with Crippen molar-refractivity contribution < 1.29 is 9.53 Å². The Morgan fingerprint density at radius 1 is 1.43 bits per heavy atom. The Morgan fingerprint density at radius 2 is 2.17 bits per heavy atom. The van der Waals surface area contributed by atoms with Crippen LogP contribution < -0.4 is 5.32 Å². The van der Waals surface area contributed by atoms with Crippen molar-refractivity contribution in [3.63, 3.8) is 0 Å². The predicted octanol–water partition coefficient (Wildman–Crippen LogP) is 1.67. The average molecular weight is 345 g/mol. The normalized spacial score (nSPS) is 18.0. The van der Waals surface area contributed by atoms with Gasteiger partial charge in [-0.2, -0.15) is 5.10 Å². The lowest BCUT2D eigenvalue weighted by Gasteiger charge is -2.24. The van der Waals surface area contributed by atoms with E-state index in [9.17, 15) is 4.79 Å². The van der Waals surface area contributed by atoms with Gasteiger partial charge in [-0.05, 0) is 47.2 Å². The fraction of sp³-hybridized carbons (Fsp3) is 0.750. The van der Waals surface area contributed by atoms with Gasteiger partial charge in [0, 0.05) is 30.4 Å². The molecule has 0 bridgehead atoms. The lowest BCUT2D eigenvalue weighted by molar-refractivity contribution is -0.144. The monoisotopic (exact) mass is 344 g/mol. The van der Waals surface area contributed by atoms with Crippen LogP contribution in [0.5, 0.6) is 0 Å². The maximum atomic E-state index is 11.7. The van der Waals surface area contributed by atoms with Crippen molar-refractivity contribution in [3.05, 3.63) is 17.0 Å². The molecule has 1 aliphatic heterocycles. The van der Waals surface area contributed by atoms with Gasteiger partial charge in [0.1, 0.15) is 6.54 Å². The van der Waals surface area contributed by atoms with E-state index in [0.717, 1.165) is 31.0 Å². The molecule has 0 amide bonds. The first-order valence-corrected chi connectivity index (χ1v) is 8.14. The van der Waals surface area contributed by atoms with Crippen LogP contribution in [0.3, 0.4) is 0 Å². The van der Waals surface area contributed by atoms with Crippen LogP contribution in [0.1, 0.15) is 36.7 Å². The van der Waals surface area contributed by atoms with Crippen molar-refractivity contribution in [3.8, 4) is 0 Å². The molecule has 1 aromatic heterocycles. The van der Waals surface area contributed by atoms with Gasteiger partial charge in [-0.1, -0.05) is 0 Å². The topological polar surface area (TPSA) is 59.4 Å². The zero-order valence-corrected chi connectivity index (χ0v) is 15.4. The third kappa shape index (κ3) is 4.93. The van der Waals surface area contributed by atoms with Crippen LogP contribution in [-0.2, 0) is 22.6 Å². The Labute approximate surface area is 145 Å². The largest absolute Gasteiger partial charge is 0.465 e. The summed E-state index contributed by atoms with van der Waals surface area (Å²) in [5.41, 5.74) is 3.32. The van der Waals surface area contributed by atoms with Crippen LogP contribution in [0, 0.1) is 13.8 Å². The highest BCUT2D eigenvalue weighted by molar-refractivity contribution is 5.85. The molecule has 2 rings (SSSR count). The second kappa shape index (κ2) is 9.25. The zero-order chi connectivity index (χ0) is 16.1. The standard InChI is InChI=1S/C16H28N4O2.ClH/c1-5-22-16(21)11-20-13(3)15(12(2)18-20)10-19-8-6-7-14(19)9-17-4;/h14,17H,5-11H2,1-4H3;1H. The van der Waals surface area contributed by atoms with E-state index in [2.05, 4.69) is 15.3 Å². The molecular formula is C16H29ClN4O2. The lowest BCUT2D eigenvalue weighted by Crippen LogP contribution is -2.36. The van der Waals surface area contributed by atoms with Gasteiger partial charge in [-0.15, -0.1) is 12.4 Å². The van der Waals surface area contributed by atoms with E-state index in [-0.39, 0.29) is 24.9 Å². The van der Waals surface area contributed by atoms with E-state index in [1.165, 1.54) is 18.4 Å². The Balaban J connectivity index is 0.00000264. The van der Waals surface area contributed by atoms with Gasteiger partial charge in [0.2, 0.25) is 0 Å². The molecule has 1 saturated heterocycles. The highest BCUT2D eigenvalue weighted by Crippen LogP contribution is 2.23. The Morgan fingerprint density at radius 3 is 2.83 bits per heavy atom. The van der Waals surface area contributed by atoms with Crippen molar-refractivity contribution in [1.29, 1.82) is 0 Å². The van der Waals surface area contributed by atoms with E-state index < -0.39 is 0 Å². The fourth-order valence-electron chi connectivity index (χ4n) is 3.22. The van der Waals surface area contributed by atoms with Crippen LogP contribution in [-0.4, -0.2) is 53.4 Å². The van der Waals surface area contributed by atoms with Crippen LogP contribution in [0.4, 0.5) is 0 Å². The van der Waals surface area contributed by atoms with Crippen LogP contribution in [0.15, 0.2) is 0 Å². The molecule has 1 unspecified atom stereocenters. The van der Waals surface area contributed by atoms with Crippen LogP contribution >= 0.6 is 12.4 Å². The molecule has 6 nitrogen and oxygen atoms in total. The summed E-state index contributed by atoms with van der Waals surface area (Å²) in [6.07, 6.45) is 2.50. The molecule has 1 fully saturated rings. The van der Waals surface area contributed by atoms with Crippen molar-refractivity contribution in [1.82, 2.24) is 20.0 Å². The minimum atomic E-state index is -0.228. The summed E-state index contributed by atoms with van der Waals surface area (Å²) >= 11 is 0. The number of hydrogen-bond acceptors (Lipinski definition) is 5. The first kappa shape index (κ1) is 19.9. The van der Waals surface area contributed by atoms with E-state index in [1.807, 2.05) is 27.8 Å². The number of ether oxygens (including phenoxy) is 1. The number of esters is 1. The molecule has 0 aromatic carbocycles. The second-order valence-corrected chi connectivity index (χ2v) is 5.94. The number of halogens is 1. The number of likely N-dealkylation sites (tertiary alicyclic amines) is 1. The summed E-state index contributed by atoms with van der Waals surface area (Å²) in [4.78, 5) is 14.2. The molecule has 2 heterocycles. The molecule has 1 aromatic rings. The molecule has 0 radical (unpaired) electrons. The molecule has 23 heavy (non-hydrogen) atoms. The smallest absolute Gasteiger partial charge is 0.327 e. The van der Waals surface area contributed by atoms with Crippen molar-refractivity contribution in [2.75, 3.05) is 26.7 Å². The fourth-order valence-corrected chi connectivity index (χ4v) is 3.22. The number of rotatable bonds is 7. The predicted molar refractivity (Wildman–Crippen MR) is 92.9 cm³/mol. The number of nitrogens with one attached hydrogen (secondary N) is 1. The quantitative estimate of drug-likeness (QED) is 0.762. The molecule has 0 aliphatic carbocycles. The molecule has 1 atom stereocenters. The van der Waals surface area contributed by atoms with Gasteiger partial charge in [-0.3, -0.25) is 14.4 Å². The summed E-state index contributed by atoms with van der Waals surface area (Å²) in [6, 6.07) is 0.595. The summed E-state index contributed by atoms with van der Waals surface area (Å²) in [6.45, 7) is 9.55. The minimum Gasteiger partial charge on any atom is -0.465 e. The third-order valence-electron chi connectivity index (χ3n) is 4.42. The Kier molecular flexibility index (Phi) is 8.02. The third-order valence-corrected chi connectivity index (χ3v) is 4.42. The number of carbonyl (C=O) groups is 1. The van der Waals surface area contributed by atoms with Gasteiger partial charge in [0.25, 0.3) is 0 Å². The van der Waals surface area contributed by atoms with Gasteiger partial charge < -0.3 is 10.1 Å². The SMILES string of the molecule is CCOC(=O)Cn1nc(C)c(CN2CCCC2CNC)c1C.Cl. The maximum Gasteiger partial charge on any atom is 0.327 e.